The Morgan fingerprint density at radius 1 is 0.864 bits per heavy atom. The van der Waals surface area contributed by atoms with Gasteiger partial charge in [0.2, 0.25) is 9.84 Å². The number of sulfone groups is 2. The molecule has 0 bridgehead atoms. The topological polar surface area (TPSA) is 111 Å². The smallest absolute Gasteiger partial charge is 0.258 e. The summed E-state index contributed by atoms with van der Waals surface area (Å²) < 4.78 is 47.9. The lowest BCUT2D eigenvalue weighted by molar-refractivity contribution is -0.384. The van der Waals surface area contributed by atoms with Crippen molar-refractivity contribution in [1.29, 1.82) is 0 Å². The van der Waals surface area contributed by atoms with E-state index in [2.05, 4.69) is 0 Å². The predicted molar refractivity (Wildman–Crippen MR) is 78.1 cm³/mol. The van der Waals surface area contributed by atoms with Gasteiger partial charge < -0.3 is 0 Å². The molecular weight excluding hydrogens is 330 g/mol. The molecule has 0 fully saturated rings. The van der Waals surface area contributed by atoms with Crippen molar-refractivity contribution in [2.75, 3.05) is 6.26 Å². The van der Waals surface area contributed by atoms with E-state index in [-0.39, 0.29) is 20.4 Å². The van der Waals surface area contributed by atoms with Crippen LogP contribution in [0, 0.1) is 10.1 Å². The Labute approximate surface area is 127 Å². The van der Waals surface area contributed by atoms with Crippen LogP contribution in [0.3, 0.4) is 0 Å². The molecule has 2 aromatic rings. The SMILES string of the molecule is CS(=O)(=O)c1cccc(S(=O)(=O)c2ccc([N+](=O)[O-])cc2)c1. The average molecular weight is 341 g/mol. The van der Waals surface area contributed by atoms with Gasteiger partial charge >= 0.3 is 0 Å². The van der Waals surface area contributed by atoms with E-state index < -0.39 is 24.6 Å². The van der Waals surface area contributed by atoms with Crippen LogP contribution in [-0.2, 0) is 19.7 Å². The molecule has 0 aromatic heterocycles. The van der Waals surface area contributed by atoms with Gasteiger partial charge in [-0.05, 0) is 30.3 Å². The van der Waals surface area contributed by atoms with Crippen LogP contribution in [-0.4, -0.2) is 28.0 Å². The van der Waals surface area contributed by atoms with E-state index in [1.807, 2.05) is 0 Å². The van der Waals surface area contributed by atoms with Crippen molar-refractivity contribution in [3.63, 3.8) is 0 Å². The van der Waals surface area contributed by atoms with Gasteiger partial charge in [0.25, 0.3) is 5.69 Å². The fourth-order valence-electron chi connectivity index (χ4n) is 1.76. The van der Waals surface area contributed by atoms with Crippen LogP contribution < -0.4 is 0 Å². The van der Waals surface area contributed by atoms with Gasteiger partial charge in [-0.3, -0.25) is 10.1 Å². The zero-order chi connectivity index (χ0) is 16.5. The lowest BCUT2D eigenvalue weighted by atomic mass is 10.3. The zero-order valence-electron chi connectivity index (χ0n) is 11.3. The predicted octanol–water partition coefficient (Wildman–Crippen LogP) is 1.83. The van der Waals surface area contributed by atoms with Gasteiger partial charge in [0.15, 0.2) is 9.84 Å². The van der Waals surface area contributed by atoms with Crippen molar-refractivity contribution in [2.24, 2.45) is 0 Å². The van der Waals surface area contributed by atoms with Gasteiger partial charge in [-0.1, -0.05) is 6.07 Å². The monoisotopic (exact) mass is 341 g/mol. The second-order valence-corrected chi connectivity index (χ2v) is 8.47. The van der Waals surface area contributed by atoms with E-state index in [1.54, 1.807) is 0 Å². The zero-order valence-corrected chi connectivity index (χ0v) is 13.0. The molecule has 0 amide bonds. The first-order valence-corrected chi connectivity index (χ1v) is 9.29. The van der Waals surface area contributed by atoms with Crippen LogP contribution in [0.5, 0.6) is 0 Å². The summed E-state index contributed by atoms with van der Waals surface area (Å²) in [6, 6.07) is 9.33. The second-order valence-electron chi connectivity index (χ2n) is 4.50. The number of nitro groups is 1. The third-order valence-electron chi connectivity index (χ3n) is 2.90. The number of benzene rings is 2. The number of rotatable bonds is 4. The third kappa shape index (κ3) is 3.15. The van der Waals surface area contributed by atoms with E-state index >= 15 is 0 Å². The highest BCUT2D eigenvalue weighted by molar-refractivity contribution is 7.92. The van der Waals surface area contributed by atoms with Gasteiger partial charge in [0, 0.05) is 18.4 Å². The molecule has 0 radical (unpaired) electrons. The normalized spacial score (nSPS) is 12.0. The van der Waals surface area contributed by atoms with Crippen molar-refractivity contribution in [1.82, 2.24) is 0 Å². The summed E-state index contributed by atoms with van der Waals surface area (Å²) in [5.74, 6) is 0. The van der Waals surface area contributed by atoms with E-state index in [0.717, 1.165) is 36.6 Å². The third-order valence-corrected chi connectivity index (χ3v) is 5.78. The minimum absolute atomic E-state index is 0.115. The molecule has 0 heterocycles. The Kier molecular flexibility index (Phi) is 4.03. The molecule has 0 aliphatic carbocycles. The van der Waals surface area contributed by atoms with Crippen molar-refractivity contribution in [3.05, 3.63) is 58.6 Å². The maximum atomic E-state index is 12.4. The van der Waals surface area contributed by atoms with Crippen LogP contribution in [0.1, 0.15) is 0 Å². The van der Waals surface area contributed by atoms with E-state index in [1.165, 1.54) is 18.2 Å². The van der Waals surface area contributed by atoms with Crippen LogP contribution in [0.2, 0.25) is 0 Å². The number of hydrogen-bond acceptors (Lipinski definition) is 6. The van der Waals surface area contributed by atoms with Gasteiger partial charge in [-0.15, -0.1) is 0 Å². The first-order valence-electron chi connectivity index (χ1n) is 5.92. The summed E-state index contributed by atoms with van der Waals surface area (Å²) in [6.07, 6.45) is 0.977. The molecule has 2 rings (SSSR count). The highest BCUT2D eigenvalue weighted by Gasteiger charge is 2.20. The lowest BCUT2D eigenvalue weighted by Crippen LogP contribution is -2.04. The minimum atomic E-state index is -3.95. The molecule has 9 heteroatoms. The quantitative estimate of drug-likeness (QED) is 0.619. The van der Waals surface area contributed by atoms with Crippen molar-refractivity contribution in [2.45, 2.75) is 14.7 Å². The largest absolute Gasteiger partial charge is 0.269 e. The van der Waals surface area contributed by atoms with Gasteiger partial charge in [-0.2, -0.15) is 0 Å². The fraction of sp³-hybridized carbons (Fsp3) is 0.0769. The Morgan fingerprint density at radius 3 is 1.91 bits per heavy atom. The minimum Gasteiger partial charge on any atom is -0.258 e. The maximum Gasteiger partial charge on any atom is 0.269 e. The molecule has 0 saturated heterocycles. The molecule has 2 aromatic carbocycles. The molecule has 0 N–H and O–H groups in total. The van der Waals surface area contributed by atoms with Crippen LogP contribution >= 0.6 is 0 Å². The number of nitro benzene ring substituents is 1. The van der Waals surface area contributed by atoms with Crippen LogP contribution in [0.25, 0.3) is 0 Å². The lowest BCUT2D eigenvalue weighted by Gasteiger charge is -2.06. The summed E-state index contributed by atoms with van der Waals surface area (Å²) in [5, 5.41) is 10.6. The second kappa shape index (κ2) is 5.50. The highest BCUT2D eigenvalue weighted by Crippen LogP contribution is 2.24. The van der Waals surface area contributed by atoms with Gasteiger partial charge in [0.05, 0.1) is 19.6 Å². The summed E-state index contributed by atoms with van der Waals surface area (Å²) in [6.45, 7) is 0. The first kappa shape index (κ1) is 16.1. The summed E-state index contributed by atoms with van der Waals surface area (Å²) >= 11 is 0. The number of nitrogens with zero attached hydrogens (tertiary/aromatic N) is 1. The van der Waals surface area contributed by atoms with E-state index in [0.29, 0.717) is 0 Å². The van der Waals surface area contributed by atoms with Crippen molar-refractivity contribution < 1.29 is 21.8 Å². The van der Waals surface area contributed by atoms with Crippen LogP contribution in [0.4, 0.5) is 5.69 Å². The fourth-order valence-corrected chi connectivity index (χ4v) is 3.80. The Hall–Kier alpha value is -2.26. The molecule has 116 valence electrons. The number of hydrogen-bond donors (Lipinski definition) is 0. The highest BCUT2D eigenvalue weighted by atomic mass is 32.2. The molecule has 0 aliphatic heterocycles. The molecule has 0 spiro atoms. The van der Waals surface area contributed by atoms with E-state index in [9.17, 15) is 26.9 Å². The maximum absolute atomic E-state index is 12.4. The molecular formula is C13H11NO6S2. The van der Waals surface area contributed by atoms with Gasteiger partial charge in [0.1, 0.15) is 0 Å². The summed E-state index contributed by atoms with van der Waals surface area (Å²) in [5.41, 5.74) is -0.233. The Morgan fingerprint density at radius 2 is 1.41 bits per heavy atom. The summed E-state index contributed by atoms with van der Waals surface area (Å²) in [7, 11) is -7.49. The molecule has 7 nitrogen and oxygen atoms in total. The Balaban J connectivity index is 2.53. The van der Waals surface area contributed by atoms with Crippen molar-refractivity contribution >= 4 is 25.4 Å². The average Bonchev–Trinajstić information content (AvgIpc) is 2.46. The molecule has 0 aliphatic rings. The molecule has 0 unspecified atom stereocenters. The molecule has 22 heavy (non-hydrogen) atoms. The number of non-ortho nitro benzene ring substituents is 1. The van der Waals surface area contributed by atoms with Crippen LogP contribution in [0.15, 0.2) is 63.2 Å². The Bertz CT molecular complexity index is 931. The van der Waals surface area contributed by atoms with Crippen molar-refractivity contribution in [3.8, 4) is 0 Å². The van der Waals surface area contributed by atoms with Gasteiger partial charge in [-0.25, -0.2) is 16.8 Å². The van der Waals surface area contributed by atoms with E-state index in [4.69, 9.17) is 0 Å². The molecule has 0 saturated carbocycles. The summed E-state index contributed by atoms with van der Waals surface area (Å²) in [4.78, 5) is 9.48. The standard InChI is InChI=1S/C13H11NO6S2/c1-21(17,18)12-3-2-4-13(9-12)22(19,20)11-7-5-10(6-8-11)14(15)16/h2-9H,1H3. The first-order chi connectivity index (χ1) is 10.1. The molecule has 0 atom stereocenters.